The Bertz CT molecular complexity index is 73.5. The predicted molar refractivity (Wildman–Crippen MR) is 22.0 cm³/mol. The van der Waals surface area contributed by atoms with E-state index in [0.717, 1.165) is 0 Å². The molecule has 30 valence electrons. The van der Waals surface area contributed by atoms with Gasteiger partial charge in [-0.1, -0.05) is 0 Å². The fourth-order valence-corrected chi connectivity index (χ4v) is 0.209. The summed E-state index contributed by atoms with van der Waals surface area (Å²) >= 11 is 0. The van der Waals surface area contributed by atoms with E-state index < -0.39 is 0 Å². The summed E-state index contributed by atoms with van der Waals surface area (Å²) in [4.78, 5) is 3.59. The van der Waals surface area contributed by atoms with Gasteiger partial charge in [0.2, 0.25) is 6.61 Å². The van der Waals surface area contributed by atoms with Crippen molar-refractivity contribution in [2.45, 2.75) is 0 Å². The van der Waals surface area contributed by atoms with Crippen LogP contribution in [0.25, 0.3) is 0 Å². The molecule has 0 bridgehead atoms. The summed E-state index contributed by atoms with van der Waals surface area (Å²) in [6.45, 7) is 2.45. The maximum absolute atomic E-state index is 4.44. The topological polar surface area (TPSA) is 21.6 Å². The van der Waals surface area contributed by atoms with Crippen LogP contribution < -0.4 is 0 Å². The first kappa shape index (κ1) is 3.40. The molecule has 2 nitrogen and oxygen atoms in total. The van der Waals surface area contributed by atoms with Crippen LogP contribution in [-0.4, -0.2) is 6.40 Å². The Labute approximate surface area is 36.1 Å². The minimum atomic E-state index is 1.32. The van der Waals surface area contributed by atoms with Crippen LogP contribution in [0.5, 0.6) is 0 Å². The van der Waals surface area contributed by atoms with Crippen molar-refractivity contribution < 1.29 is 4.74 Å². The molecule has 1 rings (SSSR count). The van der Waals surface area contributed by atoms with Crippen molar-refractivity contribution in [3.8, 4) is 0 Å². The van der Waals surface area contributed by atoms with E-state index in [1.54, 1.807) is 12.3 Å². The maximum atomic E-state index is 4.44. The summed E-state index contributed by atoms with van der Waals surface area (Å²) in [5.41, 5.74) is 0. The summed E-state index contributed by atoms with van der Waals surface area (Å²) in [7, 11) is 0. The molecule has 0 saturated heterocycles. The van der Waals surface area contributed by atoms with E-state index in [0.29, 0.717) is 0 Å². The minimum absolute atomic E-state index is 1.32. The molecule has 1 aliphatic heterocycles. The van der Waals surface area contributed by atoms with Crippen LogP contribution in [0.15, 0.2) is 17.3 Å². The van der Waals surface area contributed by atoms with E-state index >= 15 is 0 Å². The lowest BCUT2D eigenvalue weighted by Crippen LogP contribution is -1.82. The normalized spacial score (nSPS) is 17.3. The molecule has 0 unspecified atom stereocenters. The average molecular weight is 81.1 g/mol. The van der Waals surface area contributed by atoms with Gasteiger partial charge < -0.3 is 4.74 Å². The van der Waals surface area contributed by atoms with Gasteiger partial charge in [-0.3, -0.25) is 0 Å². The summed E-state index contributed by atoms with van der Waals surface area (Å²) in [6.07, 6.45) is 4.52. The highest BCUT2D eigenvalue weighted by Crippen LogP contribution is 1.87. The first-order valence-electron chi connectivity index (χ1n) is 1.58. The van der Waals surface area contributed by atoms with Crippen LogP contribution in [0.1, 0.15) is 0 Å². The third-order valence-corrected chi connectivity index (χ3v) is 0.410. The summed E-state index contributed by atoms with van der Waals surface area (Å²) in [5.74, 6) is 0. The van der Waals surface area contributed by atoms with Crippen LogP contribution in [0.4, 0.5) is 0 Å². The number of hydrogen-bond donors (Lipinski definition) is 0. The highest BCUT2D eigenvalue weighted by Gasteiger charge is 1.80. The SMILES string of the molecule is [C]1C=CN=CO1. The molecule has 0 spiro atoms. The molecule has 1 heterocycles. The molecule has 0 fully saturated rings. The fourth-order valence-electron chi connectivity index (χ4n) is 0.209. The molecule has 2 radical (unpaired) electrons. The Kier molecular flexibility index (Phi) is 0.906. The van der Waals surface area contributed by atoms with Crippen LogP contribution >= 0.6 is 0 Å². The smallest absolute Gasteiger partial charge is 0.225 e. The first-order chi connectivity index (χ1) is 3.00. The van der Waals surface area contributed by atoms with E-state index in [-0.39, 0.29) is 0 Å². The molecule has 0 atom stereocenters. The van der Waals surface area contributed by atoms with Crippen LogP contribution in [0.3, 0.4) is 0 Å². The molecule has 0 aromatic heterocycles. The second-order valence-corrected chi connectivity index (χ2v) is 0.806. The van der Waals surface area contributed by atoms with E-state index in [4.69, 9.17) is 0 Å². The van der Waals surface area contributed by atoms with Crippen molar-refractivity contribution in [1.82, 2.24) is 0 Å². The maximum Gasteiger partial charge on any atom is 0.225 e. The summed E-state index contributed by atoms with van der Waals surface area (Å²) < 4.78 is 4.44. The van der Waals surface area contributed by atoms with Gasteiger partial charge in [-0.25, -0.2) is 4.99 Å². The lowest BCUT2D eigenvalue weighted by Gasteiger charge is -1.90. The second kappa shape index (κ2) is 1.60. The van der Waals surface area contributed by atoms with Gasteiger partial charge in [-0.05, 0) is 6.08 Å². The number of ether oxygens (including phenoxy) is 1. The van der Waals surface area contributed by atoms with Crippen molar-refractivity contribution in [1.29, 1.82) is 0 Å². The van der Waals surface area contributed by atoms with Gasteiger partial charge in [0, 0.05) is 6.20 Å². The van der Waals surface area contributed by atoms with Crippen molar-refractivity contribution >= 4 is 6.40 Å². The number of aliphatic imine (C=N–C) groups is 1. The zero-order chi connectivity index (χ0) is 4.24. The molecule has 0 N–H and O–H groups in total. The molecule has 0 aromatic carbocycles. The van der Waals surface area contributed by atoms with Gasteiger partial charge in [0.25, 0.3) is 0 Å². The second-order valence-electron chi connectivity index (χ2n) is 0.806. The lowest BCUT2D eigenvalue weighted by molar-refractivity contribution is 0.438. The largest absolute Gasteiger partial charge is 0.463 e. The zero-order valence-electron chi connectivity index (χ0n) is 3.09. The monoisotopic (exact) mass is 81.0 g/mol. The van der Waals surface area contributed by atoms with Gasteiger partial charge in [0.05, 0.1) is 0 Å². The molecule has 0 amide bonds. The molecule has 1 aliphatic rings. The number of hydrogen-bond acceptors (Lipinski definition) is 2. The fraction of sp³-hybridized carbons (Fsp3) is 0. The average Bonchev–Trinajstić information content (AvgIpc) is 1.72. The highest BCUT2D eigenvalue weighted by molar-refractivity contribution is 5.49. The number of nitrogens with zero attached hydrogens (tertiary/aromatic N) is 1. The predicted octanol–water partition coefficient (Wildman–Crippen LogP) is 0.597. The molecule has 0 aromatic rings. The van der Waals surface area contributed by atoms with E-state index in [9.17, 15) is 0 Å². The third-order valence-electron chi connectivity index (χ3n) is 0.410. The van der Waals surface area contributed by atoms with E-state index in [1.165, 1.54) is 6.40 Å². The van der Waals surface area contributed by atoms with Gasteiger partial charge in [-0.2, -0.15) is 0 Å². The van der Waals surface area contributed by atoms with Gasteiger partial charge in [-0.15, -0.1) is 0 Å². The molecule has 0 saturated carbocycles. The Morgan fingerprint density at radius 1 is 1.67 bits per heavy atom. The van der Waals surface area contributed by atoms with E-state index in [1.807, 2.05) is 0 Å². The van der Waals surface area contributed by atoms with Crippen molar-refractivity contribution in [2.24, 2.45) is 4.99 Å². The minimum Gasteiger partial charge on any atom is -0.463 e. The zero-order valence-corrected chi connectivity index (χ0v) is 3.09. The van der Waals surface area contributed by atoms with Crippen LogP contribution in [0.2, 0.25) is 0 Å². The van der Waals surface area contributed by atoms with Crippen molar-refractivity contribution in [3.63, 3.8) is 0 Å². The van der Waals surface area contributed by atoms with Crippen LogP contribution in [0, 0.1) is 6.61 Å². The highest BCUT2D eigenvalue weighted by atomic mass is 16.5. The molecular formula is C4H3NO. The van der Waals surface area contributed by atoms with E-state index in [2.05, 4.69) is 16.3 Å². The molecule has 6 heavy (non-hydrogen) atoms. The summed E-state index contributed by atoms with van der Waals surface area (Å²) in [5, 5.41) is 0. The molecular weight excluding hydrogens is 78.0 g/mol. The van der Waals surface area contributed by atoms with Gasteiger partial charge in [0.1, 0.15) is 0 Å². The van der Waals surface area contributed by atoms with Crippen molar-refractivity contribution in [2.75, 3.05) is 0 Å². The Morgan fingerprint density at radius 3 is 2.83 bits per heavy atom. The lowest BCUT2D eigenvalue weighted by atomic mass is 10.6. The third kappa shape index (κ3) is 0.578. The first-order valence-corrected chi connectivity index (χ1v) is 1.58. The standard InChI is InChI=1S/C4H3NO/c1-2-5-4-6-3-1/h1-2,4H. The Morgan fingerprint density at radius 2 is 2.67 bits per heavy atom. The van der Waals surface area contributed by atoms with Crippen LogP contribution in [-0.2, 0) is 4.74 Å². The van der Waals surface area contributed by atoms with Gasteiger partial charge >= 0.3 is 0 Å². The summed E-state index contributed by atoms with van der Waals surface area (Å²) in [6, 6.07) is 0. The van der Waals surface area contributed by atoms with Gasteiger partial charge in [0.15, 0.2) is 6.40 Å². The Hall–Kier alpha value is -0.790. The number of rotatable bonds is 0. The Balaban J connectivity index is 2.46. The van der Waals surface area contributed by atoms with Crippen molar-refractivity contribution in [3.05, 3.63) is 18.9 Å². The molecule has 0 aliphatic carbocycles. The molecule has 2 heteroatoms. The quantitative estimate of drug-likeness (QED) is 0.418.